The molecule has 2 heterocycles. The summed E-state index contributed by atoms with van der Waals surface area (Å²) in [7, 11) is 0. The largest absolute Gasteiger partial charge is 0.480 e. The normalized spacial score (nSPS) is 19.1. The quantitative estimate of drug-likeness (QED) is 0.821. The van der Waals surface area contributed by atoms with Gasteiger partial charge in [0.05, 0.1) is 11.3 Å². The standard InChI is InChI=1S/C21H19N3O3/c22-13-16-6-1-3-7-17(16)24-12-11-23(14-20(24)25)21(26)19-10-9-15-5-2-4-8-18(15)27-19/h1-8,19H,9-12,14H2. The molecular formula is C21H19N3O3. The van der Waals surface area contributed by atoms with Crippen LogP contribution in [0.1, 0.15) is 17.5 Å². The Morgan fingerprint density at radius 1 is 1.11 bits per heavy atom. The number of benzene rings is 2. The van der Waals surface area contributed by atoms with E-state index in [0.717, 1.165) is 17.7 Å². The third-order valence-electron chi connectivity index (χ3n) is 5.04. The minimum atomic E-state index is -0.550. The summed E-state index contributed by atoms with van der Waals surface area (Å²) in [4.78, 5) is 28.6. The van der Waals surface area contributed by atoms with Crippen molar-refractivity contribution >= 4 is 17.5 Å². The van der Waals surface area contributed by atoms with Crippen LogP contribution in [0.15, 0.2) is 48.5 Å². The molecule has 2 amide bonds. The van der Waals surface area contributed by atoms with E-state index in [9.17, 15) is 14.9 Å². The number of nitrogens with zero attached hydrogens (tertiary/aromatic N) is 3. The van der Waals surface area contributed by atoms with Crippen LogP contribution >= 0.6 is 0 Å². The van der Waals surface area contributed by atoms with Crippen molar-refractivity contribution in [3.63, 3.8) is 0 Å². The SMILES string of the molecule is N#Cc1ccccc1N1CCN(C(=O)C2CCc3ccccc3O2)CC1=O. The number of rotatable bonds is 2. The summed E-state index contributed by atoms with van der Waals surface area (Å²) in [6.07, 6.45) is 0.850. The van der Waals surface area contributed by atoms with Crippen LogP contribution in [0.2, 0.25) is 0 Å². The Morgan fingerprint density at radius 2 is 1.89 bits per heavy atom. The average Bonchev–Trinajstić information content (AvgIpc) is 2.72. The molecule has 1 fully saturated rings. The van der Waals surface area contributed by atoms with Crippen molar-refractivity contribution < 1.29 is 14.3 Å². The smallest absolute Gasteiger partial charge is 0.264 e. The van der Waals surface area contributed by atoms with E-state index < -0.39 is 6.10 Å². The Labute approximate surface area is 157 Å². The minimum Gasteiger partial charge on any atom is -0.480 e. The molecule has 1 saturated heterocycles. The summed E-state index contributed by atoms with van der Waals surface area (Å²) >= 11 is 0. The summed E-state index contributed by atoms with van der Waals surface area (Å²) in [6, 6.07) is 16.9. The van der Waals surface area contributed by atoms with E-state index in [1.807, 2.05) is 24.3 Å². The zero-order valence-corrected chi connectivity index (χ0v) is 14.8. The third-order valence-corrected chi connectivity index (χ3v) is 5.04. The molecule has 136 valence electrons. The number of ether oxygens (including phenoxy) is 1. The maximum Gasteiger partial charge on any atom is 0.264 e. The Bertz CT molecular complexity index is 934. The highest BCUT2D eigenvalue weighted by Crippen LogP contribution is 2.28. The third kappa shape index (κ3) is 3.24. The fourth-order valence-electron chi connectivity index (χ4n) is 3.62. The molecule has 0 bridgehead atoms. The molecule has 0 aliphatic carbocycles. The van der Waals surface area contributed by atoms with E-state index in [1.165, 1.54) is 0 Å². The predicted octanol–water partition coefficient (Wildman–Crippen LogP) is 2.13. The van der Waals surface area contributed by atoms with Gasteiger partial charge in [-0.2, -0.15) is 5.26 Å². The lowest BCUT2D eigenvalue weighted by molar-refractivity contribution is -0.143. The van der Waals surface area contributed by atoms with Gasteiger partial charge in [-0.15, -0.1) is 0 Å². The van der Waals surface area contributed by atoms with Crippen molar-refractivity contribution in [2.75, 3.05) is 24.5 Å². The molecule has 1 atom stereocenters. The maximum atomic E-state index is 12.9. The lowest BCUT2D eigenvalue weighted by Crippen LogP contribution is -2.55. The minimum absolute atomic E-state index is 0.000102. The fourth-order valence-corrected chi connectivity index (χ4v) is 3.62. The van der Waals surface area contributed by atoms with E-state index in [-0.39, 0.29) is 18.4 Å². The van der Waals surface area contributed by atoms with Gasteiger partial charge >= 0.3 is 0 Å². The highest BCUT2D eigenvalue weighted by Gasteiger charge is 2.34. The second-order valence-electron chi connectivity index (χ2n) is 6.69. The van der Waals surface area contributed by atoms with Gasteiger partial charge in [-0.05, 0) is 36.6 Å². The summed E-state index contributed by atoms with van der Waals surface area (Å²) in [5, 5.41) is 9.26. The molecule has 4 rings (SSSR count). The van der Waals surface area contributed by atoms with Gasteiger partial charge < -0.3 is 14.5 Å². The molecule has 27 heavy (non-hydrogen) atoms. The van der Waals surface area contributed by atoms with Crippen LogP contribution < -0.4 is 9.64 Å². The average molecular weight is 361 g/mol. The molecule has 2 aliphatic rings. The van der Waals surface area contributed by atoms with Crippen LogP contribution in [-0.4, -0.2) is 42.5 Å². The van der Waals surface area contributed by atoms with Gasteiger partial charge in [0.25, 0.3) is 5.91 Å². The van der Waals surface area contributed by atoms with Gasteiger partial charge in [0.2, 0.25) is 5.91 Å². The molecule has 2 aliphatic heterocycles. The van der Waals surface area contributed by atoms with E-state index in [4.69, 9.17) is 4.74 Å². The van der Waals surface area contributed by atoms with E-state index in [0.29, 0.717) is 30.8 Å². The van der Waals surface area contributed by atoms with E-state index in [2.05, 4.69) is 6.07 Å². The number of nitriles is 1. The molecule has 0 radical (unpaired) electrons. The Morgan fingerprint density at radius 3 is 2.70 bits per heavy atom. The Balaban J connectivity index is 1.45. The monoisotopic (exact) mass is 361 g/mol. The van der Waals surface area contributed by atoms with Gasteiger partial charge in [0, 0.05) is 13.1 Å². The highest BCUT2D eigenvalue weighted by molar-refractivity contribution is 5.99. The van der Waals surface area contributed by atoms with Crippen LogP contribution in [0.5, 0.6) is 5.75 Å². The van der Waals surface area contributed by atoms with E-state index >= 15 is 0 Å². The molecule has 6 nitrogen and oxygen atoms in total. The zero-order chi connectivity index (χ0) is 18.8. The molecule has 0 aromatic heterocycles. The second kappa shape index (κ2) is 7.12. The number of fused-ring (bicyclic) bond motifs is 1. The van der Waals surface area contributed by atoms with Crippen LogP contribution in [-0.2, 0) is 16.0 Å². The van der Waals surface area contributed by atoms with Crippen molar-refractivity contribution in [2.45, 2.75) is 18.9 Å². The molecule has 2 aromatic carbocycles. The summed E-state index contributed by atoms with van der Waals surface area (Å²) in [5.41, 5.74) is 2.16. The summed E-state index contributed by atoms with van der Waals surface area (Å²) in [6.45, 7) is 0.790. The number of aryl methyl sites for hydroxylation is 1. The van der Waals surface area contributed by atoms with Crippen molar-refractivity contribution in [2.24, 2.45) is 0 Å². The molecular weight excluding hydrogens is 342 g/mol. The first-order valence-corrected chi connectivity index (χ1v) is 9.00. The molecule has 1 unspecified atom stereocenters. The fraction of sp³-hybridized carbons (Fsp3) is 0.286. The lowest BCUT2D eigenvalue weighted by Gasteiger charge is -2.37. The summed E-state index contributed by atoms with van der Waals surface area (Å²) in [5.74, 6) is 0.412. The Kier molecular flexibility index (Phi) is 4.51. The number of carbonyl (C=O) groups is 2. The maximum absolute atomic E-state index is 12.9. The van der Waals surface area contributed by atoms with Crippen molar-refractivity contribution in [1.82, 2.24) is 4.90 Å². The molecule has 0 saturated carbocycles. The second-order valence-corrected chi connectivity index (χ2v) is 6.69. The lowest BCUT2D eigenvalue weighted by atomic mass is 10.0. The van der Waals surface area contributed by atoms with Crippen LogP contribution in [0, 0.1) is 11.3 Å². The first-order valence-electron chi connectivity index (χ1n) is 9.00. The van der Waals surface area contributed by atoms with Crippen LogP contribution in [0.3, 0.4) is 0 Å². The van der Waals surface area contributed by atoms with Crippen LogP contribution in [0.25, 0.3) is 0 Å². The van der Waals surface area contributed by atoms with Crippen molar-refractivity contribution in [3.8, 4) is 11.8 Å². The number of amides is 2. The van der Waals surface area contributed by atoms with Crippen molar-refractivity contribution in [1.29, 1.82) is 5.26 Å². The van der Waals surface area contributed by atoms with Gasteiger partial charge in [0.15, 0.2) is 6.10 Å². The summed E-state index contributed by atoms with van der Waals surface area (Å²) < 4.78 is 5.87. The van der Waals surface area contributed by atoms with Crippen molar-refractivity contribution in [3.05, 3.63) is 59.7 Å². The molecule has 2 aromatic rings. The molecule has 0 N–H and O–H groups in total. The number of para-hydroxylation sites is 2. The first-order chi connectivity index (χ1) is 13.2. The molecule has 6 heteroatoms. The highest BCUT2D eigenvalue weighted by atomic mass is 16.5. The number of anilines is 1. The van der Waals surface area contributed by atoms with Gasteiger partial charge in [-0.1, -0.05) is 30.3 Å². The predicted molar refractivity (Wildman–Crippen MR) is 99.3 cm³/mol. The zero-order valence-electron chi connectivity index (χ0n) is 14.8. The van der Waals surface area contributed by atoms with E-state index in [1.54, 1.807) is 34.1 Å². The topological polar surface area (TPSA) is 73.6 Å². The Hall–Kier alpha value is -3.33. The van der Waals surface area contributed by atoms with Gasteiger partial charge in [-0.3, -0.25) is 9.59 Å². The molecule has 0 spiro atoms. The number of hydrogen-bond donors (Lipinski definition) is 0. The number of carbonyl (C=O) groups excluding carboxylic acids is 2. The number of piperazine rings is 1. The van der Waals surface area contributed by atoms with Crippen LogP contribution in [0.4, 0.5) is 5.69 Å². The first kappa shape index (κ1) is 17.1. The van der Waals surface area contributed by atoms with Gasteiger partial charge in [0.1, 0.15) is 18.4 Å². The number of hydrogen-bond acceptors (Lipinski definition) is 4. The van der Waals surface area contributed by atoms with Gasteiger partial charge in [-0.25, -0.2) is 0 Å².